The van der Waals surface area contributed by atoms with Gasteiger partial charge in [-0.25, -0.2) is 4.79 Å². The van der Waals surface area contributed by atoms with Crippen molar-refractivity contribution in [2.75, 3.05) is 6.54 Å². The largest absolute Gasteiger partial charge is 0.480 e. The maximum absolute atomic E-state index is 12.3. The van der Waals surface area contributed by atoms with Crippen LogP contribution in [0.5, 0.6) is 0 Å². The summed E-state index contributed by atoms with van der Waals surface area (Å²) < 4.78 is 0. The van der Waals surface area contributed by atoms with Crippen LogP contribution in [0.1, 0.15) is 51.9 Å². The Labute approximate surface area is 114 Å². The fourth-order valence-electron chi connectivity index (χ4n) is 3.06. The van der Waals surface area contributed by atoms with Gasteiger partial charge >= 0.3 is 12.0 Å². The van der Waals surface area contributed by atoms with Crippen LogP contribution in [0.3, 0.4) is 0 Å². The maximum atomic E-state index is 12.3. The molecule has 2 fully saturated rings. The van der Waals surface area contributed by atoms with Gasteiger partial charge in [0, 0.05) is 12.1 Å². The number of nitrogens with one attached hydrogen (secondary N) is 1. The maximum Gasteiger partial charge on any atom is 0.323 e. The molecule has 2 aliphatic rings. The zero-order chi connectivity index (χ0) is 13.8. The SMILES string of the molecule is CC(NC(=O)N(CC(=O)O)C1CCCC1)C1CCC1. The van der Waals surface area contributed by atoms with Crippen molar-refractivity contribution >= 4 is 12.0 Å². The lowest BCUT2D eigenvalue weighted by atomic mass is 9.80. The van der Waals surface area contributed by atoms with Gasteiger partial charge in [0.25, 0.3) is 0 Å². The van der Waals surface area contributed by atoms with Gasteiger partial charge in [0.15, 0.2) is 0 Å². The average molecular weight is 268 g/mol. The summed E-state index contributed by atoms with van der Waals surface area (Å²) in [6.07, 6.45) is 7.62. The van der Waals surface area contributed by atoms with E-state index in [4.69, 9.17) is 5.11 Å². The number of carboxylic acid groups (broad SMARTS) is 1. The van der Waals surface area contributed by atoms with Crippen molar-refractivity contribution in [2.45, 2.75) is 64.0 Å². The summed E-state index contributed by atoms with van der Waals surface area (Å²) in [5.74, 6) is -0.363. The summed E-state index contributed by atoms with van der Waals surface area (Å²) in [5, 5.41) is 12.0. The van der Waals surface area contributed by atoms with Gasteiger partial charge in [-0.3, -0.25) is 4.79 Å². The van der Waals surface area contributed by atoms with Crippen LogP contribution in [0.2, 0.25) is 0 Å². The second-order valence-electron chi connectivity index (χ2n) is 5.89. The van der Waals surface area contributed by atoms with Gasteiger partial charge < -0.3 is 15.3 Å². The number of amides is 2. The number of hydrogen-bond acceptors (Lipinski definition) is 2. The van der Waals surface area contributed by atoms with Gasteiger partial charge in [0.1, 0.15) is 6.54 Å². The first-order chi connectivity index (χ1) is 9.08. The second-order valence-corrected chi connectivity index (χ2v) is 5.89. The topological polar surface area (TPSA) is 69.6 Å². The van der Waals surface area contributed by atoms with E-state index in [1.165, 1.54) is 24.2 Å². The van der Waals surface area contributed by atoms with Crippen LogP contribution in [-0.2, 0) is 4.79 Å². The minimum atomic E-state index is -0.932. The molecular weight excluding hydrogens is 244 g/mol. The molecular formula is C14H24N2O3. The van der Waals surface area contributed by atoms with E-state index in [9.17, 15) is 9.59 Å². The molecule has 19 heavy (non-hydrogen) atoms. The first kappa shape index (κ1) is 14.2. The summed E-state index contributed by atoms with van der Waals surface area (Å²) in [6, 6.07) is 0.0531. The molecule has 5 heteroatoms. The lowest BCUT2D eigenvalue weighted by Gasteiger charge is -2.35. The van der Waals surface area contributed by atoms with Gasteiger partial charge in [-0.15, -0.1) is 0 Å². The summed E-state index contributed by atoms with van der Waals surface area (Å²) in [6.45, 7) is 1.84. The van der Waals surface area contributed by atoms with E-state index in [1.54, 1.807) is 0 Å². The number of urea groups is 1. The van der Waals surface area contributed by atoms with Crippen molar-refractivity contribution in [3.8, 4) is 0 Å². The first-order valence-corrected chi connectivity index (χ1v) is 7.37. The van der Waals surface area contributed by atoms with E-state index in [2.05, 4.69) is 5.32 Å². The zero-order valence-corrected chi connectivity index (χ0v) is 11.6. The van der Waals surface area contributed by atoms with Gasteiger partial charge in [0.2, 0.25) is 0 Å². The highest BCUT2D eigenvalue weighted by molar-refractivity contribution is 5.80. The Bertz CT molecular complexity index is 336. The zero-order valence-electron chi connectivity index (χ0n) is 11.6. The van der Waals surface area contributed by atoms with E-state index in [1.807, 2.05) is 6.92 Å². The highest BCUT2D eigenvalue weighted by Gasteiger charge is 2.31. The molecule has 2 rings (SSSR count). The molecule has 108 valence electrons. The van der Waals surface area contributed by atoms with E-state index in [0.717, 1.165) is 25.7 Å². The molecule has 1 atom stereocenters. The Hall–Kier alpha value is -1.26. The molecule has 5 nitrogen and oxygen atoms in total. The van der Waals surface area contributed by atoms with Crippen LogP contribution >= 0.6 is 0 Å². The predicted octanol–water partition coefficient (Wildman–Crippen LogP) is 2.21. The highest BCUT2D eigenvalue weighted by atomic mass is 16.4. The number of hydrogen-bond donors (Lipinski definition) is 2. The van der Waals surface area contributed by atoms with E-state index >= 15 is 0 Å². The monoisotopic (exact) mass is 268 g/mol. The molecule has 2 amide bonds. The number of nitrogens with zero attached hydrogens (tertiary/aromatic N) is 1. The minimum Gasteiger partial charge on any atom is -0.480 e. The van der Waals surface area contributed by atoms with Gasteiger partial charge in [0.05, 0.1) is 0 Å². The summed E-state index contributed by atoms with van der Waals surface area (Å²) in [7, 11) is 0. The van der Waals surface area contributed by atoms with Crippen molar-refractivity contribution in [1.82, 2.24) is 10.2 Å². The Morgan fingerprint density at radius 3 is 2.32 bits per heavy atom. The summed E-state index contributed by atoms with van der Waals surface area (Å²) in [4.78, 5) is 24.7. The third-order valence-corrected chi connectivity index (χ3v) is 4.54. The molecule has 2 N–H and O–H groups in total. The van der Waals surface area contributed by atoms with Crippen LogP contribution in [0.15, 0.2) is 0 Å². The minimum absolute atomic E-state index is 0.102. The van der Waals surface area contributed by atoms with Crippen molar-refractivity contribution in [1.29, 1.82) is 0 Å². The van der Waals surface area contributed by atoms with Crippen molar-refractivity contribution in [2.24, 2.45) is 5.92 Å². The van der Waals surface area contributed by atoms with Crippen molar-refractivity contribution < 1.29 is 14.7 Å². The lowest BCUT2D eigenvalue weighted by molar-refractivity contribution is -0.138. The third kappa shape index (κ3) is 3.61. The summed E-state index contributed by atoms with van der Waals surface area (Å²) >= 11 is 0. The normalized spacial score (nSPS) is 21.7. The quantitative estimate of drug-likeness (QED) is 0.803. The Balaban J connectivity index is 1.91. The van der Waals surface area contributed by atoms with Crippen LogP contribution in [-0.4, -0.2) is 40.6 Å². The number of carbonyl (C=O) groups excluding carboxylic acids is 1. The molecule has 0 radical (unpaired) electrons. The van der Waals surface area contributed by atoms with Crippen molar-refractivity contribution in [3.05, 3.63) is 0 Å². The number of carbonyl (C=O) groups is 2. The lowest BCUT2D eigenvalue weighted by Crippen LogP contribution is -2.52. The molecule has 0 bridgehead atoms. The number of rotatable bonds is 5. The molecule has 0 spiro atoms. The molecule has 1 unspecified atom stereocenters. The Morgan fingerprint density at radius 2 is 1.84 bits per heavy atom. The second kappa shape index (κ2) is 6.26. The highest BCUT2D eigenvalue weighted by Crippen LogP contribution is 2.30. The predicted molar refractivity (Wildman–Crippen MR) is 71.9 cm³/mol. The van der Waals surface area contributed by atoms with Crippen LogP contribution in [0, 0.1) is 5.92 Å². The Kier molecular flexibility index (Phi) is 4.66. The van der Waals surface area contributed by atoms with E-state index < -0.39 is 5.97 Å². The van der Waals surface area contributed by atoms with Crippen LogP contribution in [0.4, 0.5) is 4.79 Å². The van der Waals surface area contributed by atoms with Crippen LogP contribution in [0.25, 0.3) is 0 Å². The average Bonchev–Trinajstić information content (AvgIpc) is 2.75. The molecule has 0 aliphatic heterocycles. The van der Waals surface area contributed by atoms with Gasteiger partial charge in [-0.2, -0.15) is 0 Å². The van der Waals surface area contributed by atoms with E-state index in [0.29, 0.717) is 5.92 Å². The van der Waals surface area contributed by atoms with Crippen LogP contribution < -0.4 is 5.32 Å². The smallest absolute Gasteiger partial charge is 0.323 e. The van der Waals surface area contributed by atoms with Gasteiger partial charge in [-0.05, 0) is 38.5 Å². The molecule has 0 aromatic carbocycles. The molecule has 0 heterocycles. The van der Waals surface area contributed by atoms with Crippen molar-refractivity contribution in [3.63, 3.8) is 0 Å². The molecule has 2 saturated carbocycles. The van der Waals surface area contributed by atoms with Gasteiger partial charge in [-0.1, -0.05) is 19.3 Å². The fraction of sp³-hybridized carbons (Fsp3) is 0.857. The Morgan fingerprint density at radius 1 is 1.21 bits per heavy atom. The van der Waals surface area contributed by atoms with E-state index in [-0.39, 0.29) is 24.7 Å². The molecule has 0 aromatic heterocycles. The standard InChI is InChI=1S/C14H24N2O3/c1-10(11-5-4-6-11)15-14(19)16(9-13(17)18)12-7-2-3-8-12/h10-12H,2-9H2,1H3,(H,15,19)(H,17,18). The molecule has 2 aliphatic carbocycles. The first-order valence-electron chi connectivity index (χ1n) is 7.37. The fourth-order valence-corrected chi connectivity index (χ4v) is 3.06. The number of carboxylic acids is 1. The molecule has 0 aromatic rings. The third-order valence-electron chi connectivity index (χ3n) is 4.54. The molecule has 0 saturated heterocycles. The summed E-state index contributed by atoms with van der Waals surface area (Å²) in [5.41, 5.74) is 0. The number of aliphatic carboxylic acids is 1.